The quantitative estimate of drug-likeness (QED) is 0.760. The number of halogens is 3. The van der Waals surface area contributed by atoms with Crippen LogP contribution in [-0.4, -0.2) is 36.2 Å². The third-order valence-corrected chi connectivity index (χ3v) is 5.03. The van der Waals surface area contributed by atoms with E-state index in [-0.39, 0.29) is 5.82 Å². The van der Waals surface area contributed by atoms with Crippen LogP contribution in [0.25, 0.3) is 0 Å². The smallest absolute Gasteiger partial charge is 0.173 e. The lowest BCUT2D eigenvalue weighted by molar-refractivity contribution is 0.388. The van der Waals surface area contributed by atoms with Gasteiger partial charge in [0.1, 0.15) is 5.82 Å². The summed E-state index contributed by atoms with van der Waals surface area (Å²) in [6.07, 6.45) is 0. The molecule has 0 unspecified atom stereocenters. The van der Waals surface area contributed by atoms with E-state index in [1.807, 2.05) is 17.0 Å². The normalized spacial score (nSPS) is 14.6. The molecule has 24 heavy (non-hydrogen) atoms. The van der Waals surface area contributed by atoms with E-state index >= 15 is 0 Å². The minimum Gasteiger partial charge on any atom is -0.366 e. The summed E-state index contributed by atoms with van der Waals surface area (Å²) >= 11 is 17.4. The second-order valence-electron chi connectivity index (χ2n) is 5.48. The Morgan fingerprint density at radius 3 is 2.38 bits per heavy atom. The summed E-state index contributed by atoms with van der Waals surface area (Å²) in [6.45, 7) is 2.87. The molecular weight excluding hydrogens is 368 g/mol. The fraction of sp³-hybridized carbons (Fsp3) is 0.235. The average Bonchev–Trinajstić information content (AvgIpc) is 2.59. The molecule has 0 spiro atoms. The highest BCUT2D eigenvalue weighted by molar-refractivity contribution is 7.80. The van der Waals surface area contributed by atoms with Crippen molar-refractivity contribution in [2.45, 2.75) is 0 Å². The second-order valence-corrected chi connectivity index (χ2v) is 6.69. The van der Waals surface area contributed by atoms with E-state index in [9.17, 15) is 4.39 Å². The highest BCUT2D eigenvalue weighted by Crippen LogP contribution is 2.25. The van der Waals surface area contributed by atoms with Crippen LogP contribution in [0.2, 0.25) is 10.0 Å². The van der Waals surface area contributed by atoms with Crippen molar-refractivity contribution in [2.24, 2.45) is 0 Å². The Labute approximate surface area is 156 Å². The van der Waals surface area contributed by atoms with Gasteiger partial charge in [0.2, 0.25) is 0 Å². The van der Waals surface area contributed by atoms with E-state index in [1.165, 1.54) is 6.07 Å². The maximum Gasteiger partial charge on any atom is 0.173 e. The van der Waals surface area contributed by atoms with Crippen LogP contribution < -0.4 is 10.2 Å². The summed E-state index contributed by atoms with van der Waals surface area (Å²) in [5.74, 6) is -0.192. The van der Waals surface area contributed by atoms with Crippen LogP contribution in [0.3, 0.4) is 0 Å². The highest BCUT2D eigenvalue weighted by atomic mass is 35.5. The summed E-state index contributed by atoms with van der Waals surface area (Å²) in [4.78, 5) is 4.10. The van der Waals surface area contributed by atoms with E-state index in [0.29, 0.717) is 33.9 Å². The number of nitrogens with one attached hydrogen (secondary N) is 1. The minimum absolute atomic E-state index is 0.192. The van der Waals surface area contributed by atoms with Crippen LogP contribution in [0.1, 0.15) is 0 Å². The van der Waals surface area contributed by atoms with E-state index in [1.54, 1.807) is 24.3 Å². The summed E-state index contributed by atoms with van der Waals surface area (Å²) in [7, 11) is 0. The van der Waals surface area contributed by atoms with Crippen LogP contribution in [0.4, 0.5) is 15.8 Å². The first kappa shape index (κ1) is 17.3. The largest absolute Gasteiger partial charge is 0.366 e. The van der Waals surface area contributed by atoms with Crippen molar-refractivity contribution in [1.29, 1.82) is 0 Å². The molecule has 0 atom stereocenters. The Bertz CT molecular complexity index is 748. The molecule has 1 heterocycles. The van der Waals surface area contributed by atoms with E-state index in [4.69, 9.17) is 35.4 Å². The molecule has 3 nitrogen and oxygen atoms in total. The van der Waals surface area contributed by atoms with Crippen molar-refractivity contribution in [2.75, 3.05) is 36.4 Å². The minimum atomic E-state index is -0.192. The number of nitrogens with zero attached hydrogens (tertiary/aromatic N) is 2. The van der Waals surface area contributed by atoms with Crippen LogP contribution in [-0.2, 0) is 0 Å². The standard InChI is InChI=1S/C17H16Cl2FN3S/c18-13-6-5-12(11-14(13)19)21-17(24)23-9-7-22(8-10-23)16-4-2-1-3-15(16)20/h1-6,11H,7-10H2,(H,21,24). The van der Waals surface area contributed by atoms with Gasteiger partial charge in [-0.1, -0.05) is 35.3 Å². The second kappa shape index (κ2) is 7.55. The lowest BCUT2D eigenvalue weighted by Crippen LogP contribution is -2.50. The van der Waals surface area contributed by atoms with Crippen LogP contribution in [0, 0.1) is 5.82 Å². The van der Waals surface area contributed by atoms with Gasteiger partial charge < -0.3 is 15.1 Å². The number of benzene rings is 2. The Morgan fingerprint density at radius 2 is 1.71 bits per heavy atom. The lowest BCUT2D eigenvalue weighted by Gasteiger charge is -2.37. The Balaban J connectivity index is 1.59. The maximum absolute atomic E-state index is 13.9. The van der Waals surface area contributed by atoms with Crippen molar-refractivity contribution in [3.05, 3.63) is 58.3 Å². The van der Waals surface area contributed by atoms with Crippen molar-refractivity contribution < 1.29 is 4.39 Å². The molecule has 1 aliphatic heterocycles. The molecule has 1 fully saturated rings. The molecule has 126 valence electrons. The Kier molecular flexibility index (Phi) is 5.43. The molecule has 2 aromatic carbocycles. The summed E-state index contributed by atoms with van der Waals surface area (Å²) in [6, 6.07) is 12.1. The van der Waals surface area contributed by atoms with E-state index in [0.717, 1.165) is 18.8 Å². The first-order chi connectivity index (χ1) is 11.5. The number of anilines is 2. The zero-order valence-corrected chi connectivity index (χ0v) is 15.1. The summed E-state index contributed by atoms with van der Waals surface area (Å²) in [5, 5.41) is 4.78. The third-order valence-electron chi connectivity index (χ3n) is 3.93. The molecule has 0 aliphatic carbocycles. The molecule has 1 aliphatic rings. The first-order valence-electron chi connectivity index (χ1n) is 7.55. The van der Waals surface area contributed by atoms with Gasteiger partial charge in [-0.3, -0.25) is 0 Å². The number of para-hydroxylation sites is 1. The molecule has 0 amide bonds. The molecule has 3 rings (SSSR count). The zero-order valence-electron chi connectivity index (χ0n) is 12.8. The molecule has 0 bridgehead atoms. The van der Waals surface area contributed by atoms with E-state index in [2.05, 4.69) is 10.2 Å². The number of thiocarbonyl (C=S) groups is 1. The van der Waals surface area contributed by atoms with E-state index < -0.39 is 0 Å². The molecule has 1 saturated heterocycles. The van der Waals surface area contributed by atoms with Crippen molar-refractivity contribution in [1.82, 2.24) is 4.90 Å². The number of rotatable bonds is 2. The average molecular weight is 384 g/mol. The van der Waals surface area contributed by atoms with Gasteiger partial charge in [-0.25, -0.2) is 4.39 Å². The van der Waals surface area contributed by atoms with Crippen molar-refractivity contribution in [3.63, 3.8) is 0 Å². The Hall–Kier alpha value is -1.56. The van der Waals surface area contributed by atoms with Crippen LogP contribution >= 0.6 is 35.4 Å². The Morgan fingerprint density at radius 1 is 1.00 bits per heavy atom. The first-order valence-corrected chi connectivity index (χ1v) is 8.71. The van der Waals surface area contributed by atoms with Gasteiger partial charge >= 0.3 is 0 Å². The molecular formula is C17H16Cl2FN3S. The molecule has 0 saturated carbocycles. The predicted molar refractivity (Wildman–Crippen MR) is 103 cm³/mol. The van der Waals surface area contributed by atoms with Gasteiger partial charge in [0.05, 0.1) is 15.7 Å². The molecule has 0 aromatic heterocycles. The molecule has 2 aromatic rings. The molecule has 0 radical (unpaired) electrons. The highest BCUT2D eigenvalue weighted by Gasteiger charge is 2.21. The monoisotopic (exact) mass is 383 g/mol. The maximum atomic E-state index is 13.9. The fourth-order valence-corrected chi connectivity index (χ4v) is 3.23. The van der Waals surface area contributed by atoms with Gasteiger partial charge in [0.25, 0.3) is 0 Å². The number of hydrogen-bond donors (Lipinski definition) is 1. The van der Waals surface area contributed by atoms with Gasteiger partial charge in [0.15, 0.2) is 5.11 Å². The van der Waals surface area contributed by atoms with Gasteiger partial charge in [-0.05, 0) is 42.5 Å². The van der Waals surface area contributed by atoms with Crippen LogP contribution in [0.5, 0.6) is 0 Å². The summed E-state index contributed by atoms with van der Waals surface area (Å²) in [5.41, 5.74) is 1.44. The topological polar surface area (TPSA) is 18.5 Å². The van der Waals surface area contributed by atoms with Gasteiger partial charge in [0, 0.05) is 31.9 Å². The molecule has 7 heteroatoms. The number of hydrogen-bond acceptors (Lipinski definition) is 2. The predicted octanol–water partition coefficient (Wildman–Crippen LogP) is 4.65. The van der Waals surface area contributed by atoms with Gasteiger partial charge in [-0.2, -0.15) is 0 Å². The number of piperazine rings is 1. The van der Waals surface area contributed by atoms with Crippen LogP contribution in [0.15, 0.2) is 42.5 Å². The van der Waals surface area contributed by atoms with Gasteiger partial charge in [-0.15, -0.1) is 0 Å². The van der Waals surface area contributed by atoms with Crippen molar-refractivity contribution in [3.8, 4) is 0 Å². The fourth-order valence-electron chi connectivity index (χ4n) is 2.64. The SMILES string of the molecule is Fc1ccccc1N1CCN(C(=S)Nc2ccc(Cl)c(Cl)c2)CC1. The molecule has 1 N–H and O–H groups in total. The third kappa shape index (κ3) is 3.91. The zero-order chi connectivity index (χ0) is 17.1. The lowest BCUT2D eigenvalue weighted by atomic mass is 10.2. The summed E-state index contributed by atoms with van der Waals surface area (Å²) < 4.78 is 13.9. The van der Waals surface area contributed by atoms with Crippen molar-refractivity contribution >= 4 is 51.9 Å².